The van der Waals surface area contributed by atoms with E-state index >= 15 is 0 Å². The van der Waals surface area contributed by atoms with E-state index < -0.39 is 0 Å². The Bertz CT molecular complexity index is 453. The van der Waals surface area contributed by atoms with Crippen LogP contribution >= 0.6 is 0 Å². The van der Waals surface area contributed by atoms with Crippen LogP contribution in [0.25, 0.3) is 11.3 Å². The van der Waals surface area contributed by atoms with Gasteiger partial charge in [0, 0.05) is 18.0 Å². The van der Waals surface area contributed by atoms with Crippen molar-refractivity contribution in [2.24, 2.45) is 5.73 Å². The van der Waals surface area contributed by atoms with Crippen molar-refractivity contribution in [2.45, 2.75) is 6.54 Å². The highest BCUT2D eigenvalue weighted by atomic mass is 16.5. The van der Waals surface area contributed by atoms with E-state index in [1.54, 1.807) is 31.8 Å². The molecule has 2 N–H and O–H groups in total. The molecule has 0 bridgehead atoms. The van der Waals surface area contributed by atoms with Crippen LogP contribution in [0.5, 0.6) is 5.88 Å². The zero-order valence-corrected chi connectivity index (χ0v) is 8.30. The smallest absolute Gasteiger partial charge is 0.240 e. The third-order valence-corrected chi connectivity index (χ3v) is 2.04. The molecular weight excluding hydrogens is 194 g/mol. The highest BCUT2D eigenvalue weighted by molar-refractivity contribution is 5.65. The molecule has 0 unspecified atom stereocenters. The minimum atomic E-state index is 0.321. The fourth-order valence-electron chi connectivity index (χ4n) is 1.37. The van der Waals surface area contributed by atoms with Crippen LogP contribution in [0.4, 0.5) is 0 Å². The van der Waals surface area contributed by atoms with Gasteiger partial charge in [-0.05, 0) is 6.07 Å². The minimum Gasteiger partial charge on any atom is -0.479 e. The lowest BCUT2D eigenvalue weighted by atomic mass is 10.2. The highest BCUT2D eigenvalue weighted by Crippen LogP contribution is 2.28. The monoisotopic (exact) mass is 205 g/mol. The maximum Gasteiger partial charge on any atom is 0.240 e. The molecule has 15 heavy (non-hydrogen) atoms. The first-order valence-corrected chi connectivity index (χ1v) is 4.48. The molecule has 0 amide bonds. The van der Waals surface area contributed by atoms with Crippen molar-refractivity contribution in [3.63, 3.8) is 0 Å². The Labute approximate surface area is 86.9 Å². The predicted molar refractivity (Wildman–Crippen MR) is 54.2 cm³/mol. The Morgan fingerprint density at radius 3 is 2.93 bits per heavy atom. The lowest BCUT2D eigenvalue weighted by molar-refractivity contribution is 0.397. The maximum atomic E-state index is 5.54. The summed E-state index contributed by atoms with van der Waals surface area (Å²) >= 11 is 0. The van der Waals surface area contributed by atoms with E-state index in [0.717, 1.165) is 5.56 Å². The highest BCUT2D eigenvalue weighted by Gasteiger charge is 2.13. The average molecular weight is 205 g/mol. The first kappa shape index (κ1) is 9.67. The lowest BCUT2D eigenvalue weighted by Crippen LogP contribution is -1.99. The van der Waals surface area contributed by atoms with Crippen molar-refractivity contribution in [3.8, 4) is 17.1 Å². The van der Waals surface area contributed by atoms with Crippen LogP contribution in [0.3, 0.4) is 0 Å². The Morgan fingerprint density at radius 1 is 1.40 bits per heavy atom. The number of hydrogen-bond acceptors (Lipinski definition) is 5. The number of hydrogen-bond donors (Lipinski definition) is 1. The van der Waals surface area contributed by atoms with Gasteiger partial charge in [-0.3, -0.25) is 0 Å². The summed E-state index contributed by atoms with van der Waals surface area (Å²) in [6.07, 6.45) is 4.75. The molecule has 78 valence electrons. The molecule has 2 rings (SSSR count). The van der Waals surface area contributed by atoms with Crippen LogP contribution in [0.2, 0.25) is 0 Å². The third-order valence-electron chi connectivity index (χ3n) is 2.04. The summed E-state index contributed by atoms with van der Waals surface area (Å²) in [6, 6.07) is 1.80. The molecule has 0 atom stereocenters. The number of furan rings is 1. The van der Waals surface area contributed by atoms with Crippen molar-refractivity contribution in [2.75, 3.05) is 7.11 Å². The molecule has 0 fully saturated rings. The zero-order valence-electron chi connectivity index (χ0n) is 8.30. The molecule has 0 aliphatic carbocycles. The molecule has 5 heteroatoms. The molecule has 2 heterocycles. The molecule has 0 saturated heterocycles. The molecule has 2 aromatic heterocycles. The summed E-state index contributed by atoms with van der Waals surface area (Å²) in [5.74, 6) is 1.14. The Balaban J connectivity index is 2.53. The summed E-state index contributed by atoms with van der Waals surface area (Å²) in [5.41, 5.74) is 7.01. The molecule has 0 aliphatic rings. The van der Waals surface area contributed by atoms with Gasteiger partial charge >= 0.3 is 0 Å². The van der Waals surface area contributed by atoms with E-state index in [2.05, 4.69) is 9.97 Å². The number of methoxy groups -OCH3 is 1. The molecule has 0 aliphatic heterocycles. The quantitative estimate of drug-likeness (QED) is 0.815. The number of ether oxygens (including phenoxy) is 1. The van der Waals surface area contributed by atoms with Crippen LogP contribution in [0.15, 0.2) is 29.1 Å². The standard InChI is InChI=1S/C10H11N3O2/c1-14-10-9(12-3-4-13-10)7-2-5-15-8(7)6-11/h2-5H,6,11H2,1H3. The summed E-state index contributed by atoms with van der Waals surface area (Å²) in [7, 11) is 1.55. The van der Waals surface area contributed by atoms with Gasteiger partial charge in [0.15, 0.2) is 0 Å². The minimum absolute atomic E-state index is 0.321. The second-order valence-corrected chi connectivity index (χ2v) is 2.88. The molecule has 0 saturated carbocycles. The summed E-state index contributed by atoms with van der Waals surface area (Å²) in [4.78, 5) is 8.26. The summed E-state index contributed by atoms with van der Waals surface area (Å²) in [6.45, 7) is 0.321. The molecular formula is C10H11N3O2. The van der Waals surface area contributed by atoms with Crippen molar-refractivity contribution in [3.05, 3.63) is 30.5 Å². The molecule has 0 radical (unpaired) electrons. The molecule has 5 nitrogen and oxygen atoms in total. The van der Waals surface area contributed by atoms with Crippen molar-refractivity contribution >= 4 is 0 Å². The third kappa shape index (κ3) is 1.69. The van der Waals surface area contributed by atoms with Gasteiger partial charge in [0.05, 0.1) is 19.9 Å². The van der Waals surface area contributed by atoms with Crippen molar-refractivity contribution < 1.29 is 9.15 Å². The van der Waals surface area contributed by atoms with E-state index in [-0.39, 0.29) is 0 Å². The van der Waals surface area contributed by atoms with Crippen LogP contribution in [-0.2, 0) is 6.54 Å². The van der Waals surface area contributed by atoms with Crippen LogP contribution in [0, 0.1) is 0 Å². The number of nitrogens with two attached hydrogens (primary N) is 1. The van der Waals surface area contributed by atoms with Gasteiger partial charge in [-0.2, -0.15) is 0 Å². The normalized spacial score (nSPS) is 10.3. The van der Waals surface area contributed by atoms with Gasteiger partial charge in [0.2, 0.25) is 5.88 Å². The summed E-state index contributed by atoms with van der Waals surface area (Å²) < 4.78 is 10.3. The maximum absolute atomic E-state index is 5.54. The van der Waals surface area contributed by atoms with Crippen LogP contribution < -0.4 is 10.5 Å². The Hall–Kier alpha value is -1.88. The van der Waals surface area contributed by atoms with Gasteiger partial charge in [-0.1, -0.05) is 0 Å². The van der Waals surface area contributed by atoms with E-state index in [1.165, 1.54) is 0 Å². The largest absolute Gasteiger partial charge is 0.479 e. The number of nitrogens with zero attached hydrogens (tertiary/aromatic N) is 2. The Morgan fingerprint density at radius 2 is 2.20 bits per heavy atom. The fourth-order valence-corrected chi connectivity index (χ4v) is 1.37. The van der Waals surface area contributed by atoms with E-state index in [1.807, 2.05) is 0 Å². The number of rotatable bonds is 3. The second kappa shape index (κ2) is 4.10. The van der Waals surface area contributed by atoms with E-state index in [0.29, 0.717) is 23.9 Å². The number of aromatic nitrogens is 2. The van der Waals surface area contributed by atoms with Gasteiger partial charge < -0.3 is 14.9 Å². The molecule has 0 aromatic carbocycles. The van der Waals surface area contributed by atoms with Gasteiger partial charge in [-0.15, -0.1) is 0 Å². The molecule has 0 spiro atoms. The first-order chi connectivity index (χ1) is 7.36. The first-order valence-electron chi connectivity index (χ1n) is 4.48. The lowest BCUT2D eigenvalue weighted by Gasteiger charge is -2.04. The van der Waals surface area contributed by atoms with Gasteiger partial charge in [0.25, 0.3) is 0 Å². The van der Waals surface area contributed by atoms with E-state index in [9.17, 15) is 0 Å². The second-order valence-electron chi connectivity index (χ2n) is 2.88. The van der Waals surface area contributed by atoms with Crippen molar-refractivity contribution in [1.29, 1.82) is 0 Å². The average Bonchev–Trinajstić information content (AvgIpc) is 2.76. The van der Waals surface area contributed by atoms with Gasteiger partial charge in [0.1, 0.15) is 11.5 Å². The summed E-state index contributed by atoms with van der Waals surface area (Å²) in [5, 5.41) is 0. The van der Waals surface area contributed by atoms with Crippen molar-refractivity contribution in [1.82, 2.24) is 9.97 Å². The predicted octanol–water partition coefficient (Wildman–Crippen LogP) is 1.20. The van der Waals surface area contributed by atoms with Crippen LogP contribution in [0.1, 0.15) is 5.76 Å². The zero-order chi connectivity index (χ0) is 10.7. The van der Waals surface area contributed by atoms with Crippen LogP contribution in [-0.4, -0.2) is 17.1 Å². The fraction of sp³-hybridized carbons (Fsp3) is 0.200. The van der Waals surface area contributed by atoms with E-state index in [4.69, 9.17) is 14.9 Å². The topological polar surface area (TPSA) is 74.2 Å². The Kier molecular flexibility index (Phi) is 2.64. The molecule has 2 aromatic rings. The SMILES string of the molecule is COc1nccnc1-c1ccoc1CN. The van der Waals surface area contributed by atoms with Gasteiger partial charge in [-0.25, -0.2) is 9.97 Å².